The minimum atomic E-state index is -1.42. The van der Waals surface area contributed by atoms with Crippen LogP contribution in [0, 0.1) is 6.92 Å². The van der Waals surface area contributed by atoms with Crippen molar-refractivity contribution in [3.8, 4) is 11.7 Å². The zero-order chi connectivity index (χ0) is 14.9. The number of carboxylic acid groups (broad SMARTS) is 1. The molecule has 1 heterocycles. The van der Waals surface area contributed by atoms with Gasteiger partial charge in [-0.1, -0.05) is 37.0 Å². The Kier molecular flexibility index (Phi) is 3.72. The van der Waals surface area contributed by atoms with E-state index in [1.54, 1.807) is 0 Å². The van der Waals surface area contributed by atoms with Gasteiger partial charge in [0.1, 0.15) is 5.75 Å². The zero-order valence-corrected chi connectivity index (χ0v) is 13.1. The second-order valence-electron chi connectivity index (χ2n) is 5.76. The predicted octanol–water partition coefficient (Wildman–Crippen LogP) is 3.62. The molecule has 106 valence electrons. The van der Waals surface area contributed by atoms with Gasteiger partial charge in [-0.05, 0) is 24.6 Å². The molecule has 0 aliphatic heterocycles. The molecule has 1 aromatic heterocycles. The van der Waals surface area contributed by atoms with Gasteiger partial charge in [-0.2, -0.15) is 0 Å². The van der Waals surface area contributed by atoms with E-state index in [1.807, 2.05) is 19.1 Å². The molecular formula is C15H18O4Si. The Morgan fingerprint density at radius 2 is 1.90 bits per heavy atom. The van der Waals surface area contributed by atoms with Gasteiger partial charge in [-0.3, -0.25) is 0 Å². The Labute approximate surface area is 119 Å². The number of hydrogen-bond acceptors (Lipinski definition) is 3. The van der Waals surface area contributed by atoms with Crippen LogP contribution in [0.2, 0.25) is 19.6 Å². The lowest BCUT2D eigenvalue weighted by molar-refractivity contribution is 0.0657. The molecule has 0 spiro atoms. The number of benzene rings is 1. The van der Waals surface area contributed by atoms with E-state index < -0.39 is 14.0 Å². The van der Waals surface area contributed by atoms with Gasteiger partial charge in [0.15, 0.2) is 0 Å². The lowest BCUT2D eigenvalue weighted by Crippen LogP contribution is -2.37. The lowest BCUT2D eigenvalue weighted by Gasteiger charge is -2.18. The highest BCUT2D eigenvalue weighted by atomic mass is 28.3. The van der Waals surface area contributed by atoms with Crippen LogP contribution in [-0.2, 0) is 0 Å². The molecule has 0 aliphatic rings. The molecule has 5 heteroatoms. The number of aromatic carboxylic acids is 1. The number of furan rings is 1. The third kappa shape index (κ3) is 3.11. The van der Waals surface area contributed by atoms with E-state index in [0.29, 0.717) is 5.75 Å². The molecule has 20 heavy (non-hydrogen) atoms. The molecule has 0 amide bonds. The molecule has 4 nitrogen and oxygen atoms in total. The van der Waals surface area contributed by atoms with Gasteiger partial charge in [0, 0.05) is 6.07 Å². The van der Waals surface area contributed by atoms with Crippen molar-refractivity contribution in [2.45, 2.75) is 26.6 Å². The van der Waals surface area contributed by atoms with Crippen LogP contribution in [-0.4, -0.2) is 19.1 Å². The summed E-state index contributed by atoms with van der Waals surface area (Å²) in [6.45, 7) is 8.73. The number of hydrogen-bond donors (Lipinski definition) is 1. The van der Waals surface area contributed by atoms with Crippen molar-refractivity contribution in [1.29, 1.82) is 0 Å². The third-order valence-electron chi connectivity index (χ3n) is 3.06. The highest BCUT2D eigenvalue weighted by Crippen LogP contribution is 2.26. The minimum Gasteiger partial charge on any atom is -0.475 e. The largest absolute Gasteiger partial charge is 0.475 e. The van der Waals surface area contributed by atoms with E-state index in [0.717, 1.165) is 5.56 Å². The van der Waals surface area contributed by atoms with E-state index in [4.69, 9.17) is 14.3 Å². The Hall–Kier alpha value is -2.01. The van der Waals surface area contributed by atoms with Crippen molar-refractivity contribution >= 4 is 19.2 Å². The average molecular weight is 290 g/mol. The van der Waals surface area contributed by atoms with Crippen molar-refractivity contribution in [1.82, 2.24) is 0 Å². The fourth-order valence-electron chi connectivity index (χ4n) is 1.77. The molecule has 0 unspecified atom stereocenters. The molecule has 0 atom stereocenters. The molecule has 0 bridgehead atoms. The minimum absolute atomic E-state index is 0.126. The predicted molar refractivity (Wildman–Crippen MR) is 79.9 cm³/mol. The molecular weight excluding hydrogens is 272 g/mol. The summed E-state index contributed by atoms with van der Waals surface area (Å²) in [6, 6.07) is 9.06. The van der Waals surface area contributed by atoms with Crippen molar-refractivity contribution < 1.29 is 19.1 Å². The van der Waals surface area contributed by atoms with Gasteiger partial charge < -0.3 is 14.3 Å². The third-order valence-corrected chi connectivity index (χ3v) is 5.10. The first-order chi connectivity index (χ1) is 9.27. The van der Waals surface area contributed by atoms with Gasteiger partial charge in [0.25, 0.3) is 5.95 Å². The molecule has 1 N–H and O–H groups in total. The highest BCUT2D eigenvalue weighted by molar-refractivity contribution is 6.88. The molecule has 1 aromatic carbocycles. The van der Waals surface area contributed by atoms with Crippen LogP contribution < -0.4 is 9.92 Å². The number of carboxylic acids is 1. The van der Waals surface area contributed by atoms with Crippen LogP contribution in [0.3, 0.4) is 0 Å². The van der Waals surface area contributed by atoms with E-state index in [2.05, 4.69) is 25.7 Å². The molecule has 0 fully saturated rings. The quantitative estimate of drug-likeness (QED) is 0.874. The molecule has 0 saturated heterocycles. The second kappa shape index (κ2) is 5.17. The summed E-state index contributed by atoms with van der Waals surface area (Å²) in [5, 5.41) is 10.1. The normalized spacial score (nSPS) is 11.4. The smallest absolute Gasteiger partial charge is 0.371 e. The molecule has 0 radical (unpaired) electrons. The van der Waals surface area contributed by atoms with Crippen molar-refractivity contribution in [2.75, 3.05) is 0 Å². The SMILES string of the molecule is Cc1ccc([Si](C)(C)C)cc1Oc1ccc(C(=O)O)o1. The Morgan fingerprint density at radius 1 is 1.20 bits per heavy atom. The van der Waals surface area contributed by atoms with Crippen molar-refractivity contribution in [2.24, 2.45) is 0 Å². The maximum atomic E-state index is 10.8. The summed E-state index contributed by atoms with van der Waals surface area (Å²) in [7, 11) is -1.42. The molecule has 0 aliphatic carbocycles. The number of aryl methyl sites for hydroxylation is 1. The van der Waals surface area contributed by atoms with Crippen molar-refractivity contribution in [3.05, 3.63) is 41.7 Å². The standard InChI is InChI=1S/C15H18O4Si/c1-10-5-6-11(20(2,3)4)9-13(10)19-14-8-7-12(18-14)15(16)17/h5-9H,1-4H3,(H,16,17). The number of carbonyl (C=O) groups is 1. The molecule has 0 saturated carbocycles. The van der Waals surface area contributed by atoms with E-state index in [1.165, 1.54) is 17.3 Å². The second-order valence-corrected chi connectivity index (χ2v) is 10.8. The van der Waals surface area contributed by atoms with Crippen LogP contribution in [0.15, 0.2) is 34.7 Å². The summed E-state index contributed by atoms with van der Waals surface area (Å²) in [5.41, 5.74) is 0.986. The fraction of sp³-hybridized carbons (Fsp3) is 0.267. The van der Waals surface area contributed by atoms with E-state index >= 15 is 0 Å². The maximum absolute atomic E-state index is 10.8. The van der Waals surface area contributed by atoms with Gasteiger partial charge in [-0.15, -0.1) is 0 Å². The summed E-state index contributed by atoms with van der Waals surface area (Å²) < 4.78 is 10.8. The lowest BCUT2D eigenvalue weighted by atomic mass is 10.2. The Balaban J connectivity index is 2.30. The Morgan fingerprint density at radius 3 is 2.45 bits per heavy atom. The van der Waals surface area contributed by atoms with Crippen LogP contribution in [0.5, 0.6) is 11.7 Å². The number of rotatable bonds is 4. The molecule has 2 rings (SSSR count). The number of ether oxygens (including phenoxy) is 1. The van der Waals surface area contributed by atoms with Gasteiger partial charge in [-0.25, -0.2) is 4.79 Å². The first kappa shape index (κ1) is 14.4. The highest BCUT2D eigenvalue weighted by Gasteiger charge is 2.18. The average Bonchev–Trinajstić information content (AvgIpc) is 2.79. The summed E-state index contributed by atoms with van der Waals surface area (Å²) in [6.07, 6.45) is 0. The van der Waals surface area contributed by atoms with Crippen LogP contribution >= 0.6 is 0 Å². The van der Waals surface area contributed by atoms with Gasteiger partial charge in [0.05, 0.1) is 8.07 Å². The van der Waals surface area contributed by atoms with Gasteiger partial charge in [0.2, 0.25) is 5.76 Å². The van der Waals surface area contributed by atoms with Crippen LogP contribution in [0.4, 0.5) is 0 Å². The summed E-state index contributed by atoms with van der Waals surface area (Å²) >= 11 is 0. The van der Waals surface area contributed by atoms with Crippen molar-refractivity contribution in [3.63, 3.8) is 0 Å². The molecule has 2 aromatic rings. The first-order valence-electron chi connectivity index (χ1n) is 6.39. The summed E-state index contributed by atoms with van der Waals surface area (Å²) in [5.74, 6) is -0.333. The first-order valence-corrected chi connectivity index (χ1v) is 9.89. The van der Waals surface area contributed by atoms with Crippen LogP contribution in [0.1, 0.15) is 16.1 Å². The van der Waals surface area contributed by atoms with Gasteiger partial charge >= 0.3 is 5.97 Å². The van der Waals surface area contributed by atoms with Crippen LogP contribution in [0.25, 0.3) is 0 Å². The van der Waals surface area contributed by atoms with E-state index in [9.17, 15) is 4.79 Å². The fourth-order valence-corrected chi connectivity index (χ4v) is 2.92. The van der Waals surface area contributed by atoms with E-state index in [-0.39, 0.29) is 11.7 Å². The summed E-state index contributed by atoms with van der Waals surface area (Å²) in [4.78, 5) is 10.8. The topological polar surface area (TPSA) is 59.7 Å². The Bertz CT molecular complexity index is 638. The monoisotopic (exact) mass is 290 g/mol. The zero-order valence-electron chi connectivity index (χ0n) is 12.1. The maximum Gasteiger partial charge on any atom is 0.371 e.